The Labute approximate surface area is 73.7 Å². The molecule has 0 aromatic heterocycles. The molecule has 0 radical (unpaired) electrons. The number of halogens is 3. The molecule has 1 saturated heterocycles. The van der Waals surface area contributed by atoms with Crippen molar-refractivity contribution in [2.45, 2.75) is 25.1 Å². The number of aldehydes is 1. The lowest BCUT2D eigenvalue weighted by Crippen LogP contribution is -2.54. The summed E-state index contributed by atoms with van der Waals surface area (Å²) in [6, 6.07) is -1.21. The van der Waals surface area contributed by atoms with Crippen molar-refractivity contribution in [3.05, 3.63) is 0 Å². The molecular formula is C7H11F3N2O. The van der Waals surface area contributed by atoms with Gasteiger partial charge in [0.2, 0.25) is 0 Å². The van der Waals surface area contributed by atoms with Crippen LogP contribution in [0.5, 0.6) is 0 Å². The standard InChI is InChI=1S/C7H11F3N2O/c8-7(9,10)5-2-1-3-12(11)6(5)4-13/h4-6H,1-3,11H2. The number of rotatable bonds is 1. The molecule has 0 saturated carbocycles. The third-order valence-corrected chi connectivity index (χ3v) is 2.29. The van der Waals surface area contributed by atoms with E-state index in [1.165, 1.54) is 0 Å². The van der Waals surface area contributed by atoms with E-state index in [1.54, 1.807) is 0 Å². The van der Waals surface area contributed by atoms with Crippen LogP contribution < -0.4 is 5.84 Å². The minimum atomic E-state index is -4.33. The number of carbonyl (C=O) groups is 1. The van der Waals surface area contributed by atoms with Gasteiger partial charge in [0.15, 0.2) is 0 Å². The Hall–Kier alpha value is -0.620. The van der Waals surface area contributed by atoms with Gasteiger partial charge in [0.25, 0.3) is 0 Å². The zero-order valence-electron chi connectivity index (χ0n) is 6.92. The number of hydrazine groups is 1. The van der Waals surface area contributed by atoms with E-state index in [2.05, 4.69) is 0 Å². The van der Waals surface area contributed by atoms with Gasteiger partial charge in [-0.2, -0.15) is 13.2 Å². The van der Waals surface area contributed by atoms with Crippen LogP contribution >= 0.6 is 0 Å². The maximum atomic E-state index is 12.3. The van der Waals surface area contributed by atoms with Crippen LogP contribution in [0, 0.1) is 5.92 Å². The van der Waals surface area contributed by atoms with Crippen molar-refractivity contribution in [1.29, 1.82) is 0 Å². The fraction of sp³-hybridized carbons (Fsp3) is 0.857. The highest BCUT2D eigenvalue weighted by Crippen LogP contribution is 2.35. The van der Waals surface area contributed by atoms with Gasteiger partial charge < -0.3 is 4.79 Å². The molecule has 1 aliphatic rings. The molecule has 2 atom stereocenters. The van der Waals surface area contributed by atoms with Crippen LogP contribution in [0.2, 0.25) is 0 Å². The highest BCUT2D eigenvalue weighted by molar-refractivity contribution is 5.58. The molecule has 1 rings (SSSR count). The minimum Gasteiger partial charge on any atom is -0.302 e. The Bertz CT molecular complexity index is 195. The third-order valence-electron chi connectivity index (χ3n) is 2.29. The molecule has 13 heavy (non-hydrogen) atoms. The highest BCUT2D eigenvalue weighted by Gasteiger charge is 2.47. The van der Waals surface area contributed by atoms with Crippen molar-refractivity contribution >= 4 is 6.29 Å². The molecule has 1 heterocycles. The number of alkyl halides is 3. The monoisotopic (exact) mass is 196 g/mol. The number of carbonyl (C=O) groups excluding carboxylic acids is 1. The lowest BCUT2D eigenvalue weighted by Gasteiger charge is -2.35. The van der Waals surface area contributed by atoms with Crippen molar-refractivity contribution in [3.63, 3.8) is 0 Å². The molecule has 3 nitrogen and oxygen atoms in total. The average Bonchev–Trinajstić information content (AvgIpc) is 2.02. The minimum absolute atomic E-state index is 0.0133. The van der Waals surface area contributed by atoms with Crippen molar-refractivity contribution in [3.8, 4) is 0 Å². The van der Waals surface area contributed by atoms with Crippen LogP contribution in [0.15, 0.2) is 0 Å². The first-order valence-corrected chi connectivity index (χ1v) is 4.00. The molecule has 0 bridgehead atoms. The van der Waals surface area contributed by atoms with Gasteiger partial charge >= 0.3 is 6.18 Å². The largest absolute Gasteiger partial charge is 0.393 e. The molecule has 0 aliphatic carbocycles. The SMILES string of the molecule is NN1CCCC(C(F)(F)F)C1C=O. The van der Waals surface area contributed by atoms with Crippen LogP contribution in [0.4, 0.5) is 13.2 Å². The van der Waals surface area contributed by atoms with E-state index >= 15 is 0 Å². The summed E-state index contributed by atoms with van der Waals surface area (Å²) in [5.74, 6) is 3.67. The van der Waals surface area contributed by atoms with E-state index < -0.39 is 18.1 Å². The van der Waals surface area contributed by atoms with E-state index in [-0.39, 0.29) is 12.7 Å². The number of nitrogens with two attached hydrogens (primary N) is 1. The summed E-state index contributed by atoms with van der Waals surface area (Å²) < 4.78 is 36.9. The zero-order chi connectivity index (χ0) is 10.1. The van der Waals surface area contributed by atoms with Crippen molar-refractivity contribution in [2.24, 2.45) is 11.8 Å². The zero-order valence-corrected chi connectivity index (χ0v) is 6.92. The summed E-state index contributed by atoms with van der Waals surface area (Å²) in [4.78, 5) is 10.4. The van der Waals surface area contributed by atoms with Crippen molar-refractivity contribution in [1.82, 2.24) is 5.01 Å². The molecule has 2 unspecified atom stereocenters. The van der Waals surface area contributed by atoms with Crippen LogP contribution in [0.25, 0.3) is 0 Å². The molecule has 0 amide bonds. The lowest BCUT2D eigenvalue weighted by atomic mass is 9.90. The summed E-state index contributed by atoms with van der Waals surface area (Å²) in [6.07, 6.45) is -3.69. The number of piperidine rings is 1. The second kappa shape index (κ2) is 3.63. The van der Waals surface area contributed by atoms with Crippen LogP contribution in [0.1, 0.15) is 12.8 Å². The topological polar surface area (TPSA) is 46.3 Å². The first kappa shape index (κ1) is 10.5. The Morgan fingerprint density at radius 2 is 2.08 bits per heavy atom. The van der Waals surface area contributed by atoms with Gasteiger partial charge in [-0.3, -0.25) is 5.84 Å². The van der Waals surface area contributed by atoms with Gasteiger partial charge in [-0.05, 0) is 12.8 Å². The van der Waals surface area contributed by atoms with Crippen LogP contribution in [-0.2, 0) is 4.79 Å². The smallest absolute Gasteiger partial charge is 0.302 e. The molecule has 76 valence electrons. The van der Waals surface area contributed by atoms with E-state index in [0.29, 0.717) is 13.0 Å². The lowest BCUT2D eigenvalue weighted by molar-refractivity contribution is -0.200. The summed E-state index contributed by atoms with van der Waals surface area (Å²) in [7, 11) is 0. The molecule has 2 N–H and O–H groups in total. The summed E-state index contributed by atoms with van der Waals surface area (Å²) in [5, 5.41) is 0.967. The summed E-state index contributed by atoms with van der Waals surface area (Å²) in [5.41, 5.74) is 0. The van der Waals surface area contributed by atoms with Gasteiger partial charge in [-0.15, -0.1) is 0 Å². The van der Waals surface area contributed by atoms with Gasteiger partial charge in [0.1, 0.15) is 6.29 Å². The highest BCUT2D eigenvalue weighted by atomic mass is 19.4. The Morgan fingerprint density at radius 3 is 2.46 bits per heavy atom. The summed E-state index contributed by atoms with van der Waals surface area (Å²) in [6.45, 7) is 0.343. The quantitative estimate of drug-likeness (QED) is 0.496. The van der Waals surface area contributed by atoms with Gasteiger partial charge in [-0.1, -0.05) is 0 Å². The van der Waals surface area contributed by atoms with Crippen molar-refractivity contribution in [2.75, 3.05) is 6.54 Å². The molecule has 0 spiro atoms. The fourth-order valence-electron chi connectivity index (χ4n) is 1.58. The normalized spacial score (nSPS) is 31.7. The maximum Gasteiger partial charge on any atom is 0.393 e. The van der Waals surface area contributed by atoms with E-state index in [1.807, 2.05) is 0 Å². The van der Waals surface area contributed by atoms with Gasteiger partial charge in [-0.25, -0.2) is 5.01 Å². The van der Waals surface area contributed by atoms with Crippen LogP contribution in [-0.4, -0.2) is 30.1 Å². The molecular weight excluding hydrogens is 185 g/mol. The Balaban J connectivity index is 2.76. The predicted octanol–water partition coefficient (Wildman–Crippen LogP) is 0.702. The van der Waals surface area contributed by atoms with Crippen LogP contribution in [0.3, 0.4) is 0 Å². The molecule has 1 fully saturated rings. The Morgan fingerprint density at radius 1 is 1.46 bits per heavy atom. The average molecular weight is 196 g/mol. The van der Waals surface area contributed by atoms with E-state index in [4.69, 9.17) is 5.84 Å². The van der Waals surface area contributed by atoms with Crippen molar-refractivity contribution < 1.29 is 18.0 Å². The second-order valence-electron chi connectivity index (χ2n) is 3.15. The number of hydrogen-bond donors (Lipinski definition) is 1. The summed E-state index contributed by atoms with van der Waals surface area (Å²) >= 11 is 0. The van der Waals surface area contributed by atoms with E-state index in [9.17, 15) is 18.0 Å². The molecule has 6 heteroatoms. The second-order valence-corrected chi connectivity index (χ2v) is 3.15. The molecule has 0 aromatic rings. The van der Waals surface area contributed by atoms with Gasteiger partial charge in [0.05, 0.1) is 12.0 Å². The number of nitrogens with zero attached hydrogens (tertiary/aromatic N) is 1. The Kier molecular flexibility index (Phi) is 2.92. The first-order valence-electron chi connectivity index (χ1n) is 4.00. The number of hydrogen-bond acceptors (Lipinski definition) is 3. The fourth-order valence-corrected chi connectivity index (χ4v) is 1.58. The third kappa shape index (κ3) is 2.19. The van der Waals surface area contributed by atoms with E-state index in [0.717, 1.165) is 5.01 Å². The first-order chi connectivity index (χ1) is 5.96. The maximum absolute atomic E-state index is 12.3. The van der Waals surface area contributed by atoms with Gasteiger partial charge in [0, 0.05) is 6.54 Å². The predicted molar refractivity (Wildman–Crippen MR) is 39.5 cm³/mol. The molecule has 0 aromatic carbocycles. The molecule has 1 aliphatic heterocycles.